The van der Waals surface area contributed by atoms with Crippen LogP contribution in [0, 0.1) is 5.41 Å². The second-order valence-electron chi connectivity index (χ2n) is 10.5. The third kappa shape index (κ3) is 5.32. The number of hydrogen-bond donors (Lipinski definition) is 1. The Hall–Kier alpha value is -2.51. The van der Waals surface area contributed by atoms with Gasteiger partial charge >= 0.3 is 0 Å². The van der Waals surface area contributed by atoms with Crippen molar-refractivity contribution in [2.45, 2.75) is 64.7 Å². The van der Waals surface area contributed by atoms with Crippen molar-refractivity contribution in [1.82, 2.24) is 0 Å². The molecular weight excluding hydrogens is 518 g/mol. The van der Waals surface area contributed by atoms with Crippen LogP contribution in [0.25, 0.3) is 11.1 Å². The number of nitrogens with one attached hydrogen (secondary N) is 1. The van der Waals surface area contributed by atoms with Crippen molar-refractivity contribution in [1.29, 1.82) is 5.41 Å². The number of rotatable bonds is 6. The number of halogens is 2. The maximum absolute atomic E-state index is 13.9. The van der Waals surface area contributed by atoms with Gasteiger partial charge in [-0.25, -0.2) is 8.78 Å². The van der Waals surface area contributed by atoms with Gasteiger partial charge in [-0.2, -0.15) is 0 Å². The van der Waals surface area contributed by atoms with Crippen molar-refractivity contribution in [3.05, 3.63) is 71.8 Å². The molecular formula is C31H32F2N2OS2. The zero-order chi connectivity index (χ0) is 26.3. The Labute approximate surface area is 231 Å². The van der Waals surface area contributed by atoms with Crippen molar-refractivity contribution < 1.29 is 13.5 Å². The lowest BCUT2D eigenvalue weighted by Crippen LogP contribution is -2.34. The maximum atomic E-state index is 13.9. The number of alkyl halides is 2. The van der Waals surface area contributed by atoms with Gasteiger partial charge < -0.3 is 9.64 Å². The molecule has 0 bridgehead atoms. The molecule has 6 rings (SSSR count). The van der Waals surface area contributed by atoms with Crippen molar-refractivity contribution in [2.75, 3.05) is 25.1 Å². The summed E-state index contributed by atoms with van der Waals surface area (Å²) in [5.74, 6) is -1.66. The second kappa shape index (κ2) is 10.6. The van der Waals surface area contributed by atoms with Crippen molar-refractivity contribution >= 4 is 34.9 Å². The summed E-state index contributed by atoms with van der Waals surface area (Å²) in [7, 11) is 1.70. The number of ether oxygens (including phenoxy) is 1. The van der Waals surface area contributed by atoms with Crippen LogP contribution in [0.5, 0.6) is 5.75 Å². The summed E-state index contributed by atoms with van der Waals surface area (Å²) in [6.07, 6.45) is 3.58. The predicted octanol–water partition coefficient (Wildman–Crippen LogP) is 8.52. The lowest BCUT2D eigenvalue weighted by molar-refractivity contribution is -0.0315. The molecule has 38 heavy (non-hydrogen) atoms. The number of methoxy groups -OCH3 is 1. The van der Waals surface area contributed by atoms with Crippen LogP contribution in [-0.4, -0.2) is 42.3 Å². The van der Waals surface area contributed by atoms with Crippen LogP contribution in [-0.2, 0) is 0 Å². The molecule has 1 atom stereocenters. The minimum atomic E-state index is -2.55. The van der Waals surface area contributed by atoms with Gasteiger partial charge in [-0.1, -0.05) is 18.2 Å². The van der Waals surface area contributed by atoms with Crippen molar-refractivity contribution in [3.8, 4) is 16.9 Å². The number of fused-ring (bicyclic) bond motifs is 3. The van der Waals surface area contributed by atoms with Crippen LogP contribution < -0.4 is 9.64 Å². The number of thioether (sulfide) groups is 2. The van der Waals surface area contributed by atoms with E-state index in [1.165, 1.54) is 10.6 Å². The van der Waals surface area contributed by atoms with Gasteiger partial charge in [0.05, 0.1) is 12.8 Å². The quantitative estimate of drug-likeness (QED) is 0.261. The summed E-state index contributed by atoms with van der Waals surface area (Å²) in [5, 5.41) is 9.39. The van der Waals surface area contributed by atoms with Crippen molar-refractivity contribution in [3.63, 3.8) is 0 Å². The third-order valence-electron chi connectivity index (χ3n) is 7.87. The summed E-state index contributed by atoms with van der Waals surface area (Å²) in [5.41, 5.74) is 5.83. The van der Waals surface area contributed by atoms with Gasteiger partial charge in [0.15, 0.2) is 0 Å². The fourth-order valence-corrected chi connectivity index (χ4v) is 8.36. The molecule has 1 unspecified atom stereocenters. The van der Waals surface area contributed by atoms with E-state index in [2.05, 4.69) is 41.3 Å². The molecule has 0 aromatic heterocycles. The molecule has 1 saturated carbocycles. The SMILES string of the molecule is COc1cccc(N2CCC(Sc3ccc4c(c3)C(=N)c3cc(SC5CCCC(F)(F)C5)ccc3-4)CC2)c1. The third-order valence-corrected chi connectivity index (χ3v) is 10.5. The monoisotopic (exact) mass is 550 g/mol. The van der Waals surface area contributed by atoms with Gasteiger partial charge in [-0.3, -0.25) is 5.41 Å². The molecule has 0 radical (unpaired) electrons. The van der Waals surface area contributed by atoms with E-state index in [0.717, 1.165) is 65.3 Å². The Morgan fingerprint density at radius 3 is 2.13 bits per heavy atom. The number of benzene rings is 3. The normalized spacial score (nSPS) is 20.8. The highest BCUT2D eigenvalue weighted by molar-refractivity contribution is 8.00. The summed E-state index contributed by atoms with van der Waals surface area (Å²) in [6, 6.07) is 20.9. The van der Waals surface area contributed by atoms with E-state index in [-0.39, 0.29) is 18.1 Å². The highest BCUT2D eigenvalue weighted by atomic mass is 32.2. The van der Waals surface area contributed by atoms with Crippen LogP contribution in [0.2, 0.25) is 0 Å². The number of nitrogens with zero attached hydrogens (tertiary/aromatic N) is 1. The molecule has 1 N–H and O–H groups in total. The number of piperidine rings is 1. The Bertz CT molecular complexity index is 1350. The van der Waals surface area contributed by atoms with E-state index in [9.17, 15) is 8.78 Å². The summed E-state index contributed by atoms with van der Waals surface area (Å²) in [6.45, 7) is 2.04. The van der Waals surface area contributed by atoms with Crippen LogP contribution in [0.3, 0.4) is 0 Å². The summed E-state index contributed by atoms with van der Waals surface area (Å²) in [4.78, 5) is 4.63. The first-order chi connectivity index (χ1) is 18.4. The fourth-order valence-electron chi connectivity index (χ4n) is 5.87. The maximum Gasteiger partial charge on any atom is 0.249 e. The summed E-state index contributed by atoms with van der Waals surface area (Å²) >= 11 is 3.47. The first-order valence-corrected chi connectivity index (χ1v) is 15.1. The molecule has 2 aliphatic carbocycles. The molecule has 1 saturated heterocycles. The average Bonchev–Trinajstić information content (AvgIpc) is 3.19. The highest BCUT2D eigenvalue weighted by Gasteiger charge is 2.37. The molecule has 3 aliphatic rings. The van der Waals surface area contributed by atoms with Crippen LogP contribution >= 0.6 is 23.5 Å². The lowest BCUT2D eigenvalue weighted by Gasteiger charge is -2.33. The molecule has 3 nitrogen and oxygen atoms in total. The average molecular weight is 551 g/mol. The zero-order valence-corrected chi connectivity index (χ0v) is 23.1. The smallest absolute Gasteiger partial charge is 0.249 e. The topological polar surface area (TPSA) is 36.3 Å². The van der Waals surface area contributed by atoms with E-state index in [1.54, 1.807) is 18.9 Å². The molecule has 0 amide bonds. The molecule has 3 aromatic rings. The van der Waals surface area contributed by atoms with E-state index in [4.69, 9.17) is 10.1 Å². The van der Waals surface area contributed by atoms with E-state index in [0.29, 0.717) is 17.4 Å². The van der Waals surface area contributed by atoms with Crippen molar-refractivity contribution in [2.24, 2.45) is 0 Å². The minimum absolute atomic E-state index is 0.00984. The Morgan fingerprint density at radius 2 is 1.50 bits per heavy atom. The zero-order valence-electron chi connectivity index (χ0n) is 21.5. The van der Waals surface area contributed by atoms with Gasteiger partial charge in [-0.05, 0) is 73.2 Å². The van der Waals surface area contributed by atoms with Gasteiger partial charge in [0.25, 0.3) is 0 Å². The van der Waals surface area contributed by atoms with Crippen LogP contribution in [0.4, 0.5) is 14.5 Å². The van der Waals surface area contributed by atoms with Gasteiger partial charge in [0.2, 0.25) is 5.92 Å². The largest absolute Gasteiger partial charge is 0.497 e. The van der Waals surface area contributed by atoms with Gasteiger partial charge in [0, 0.05) is 69.1 Å². The molecule has 3 aromatic carbocycles. The highest BCUT2D eigenvalue weighted by Crippen LogP contribution is 2.44. The molecule has 1 aliphatic heterocycles. The van der Waals surface area contributed by atoms with Gasteiger partial charge in [0.1, 0.15) is 5.75 Å². The molecule has 198 valence electrons. The molecule has 7 heteroatoms. The molecule has 1 heterocycles. The second-order valence-corrected chi connectivity index (χ2v) is 13.2. The summed E-state index contributed by atoms with van der Waals surface area (Å²) < 4.78 is 33.2. The van der Waals surface area contributed by atoms with E-state index in [1.807, 2.05) is 36.0 Å². The molecule has 2 fully saturated rings. The fraction of sp³-hybridized carbons (Fsp3) is 0.387. The Kier molecular flexibility index (Phi) is 7.16. The minimum Gasteiger partial charge on any atom is -0.497 e. The number of anilines is 1. The first kappa shape index (κ1) is 25.8. The number of hydrogen-bond acceptors (Lipinski definition) is 5. The standard InChI is InChI=1S/C31H32F2N2OS2/c1-36-21-5-2-4-20(16-21)35-14-11-22(12-15-35)37-23-7-9-26-27-10-8-24(18-29(27)30(34)28(26)17-23)38-25-6-3-13-31(32,33)19-25/h2,4-5,7-10,16-18,22,25,34H,3,6,11-15,19H2,1H3. The Morgan fingerprint density at radius 1 is 0.842 bits per heavy atom. The van der Waals surface area contributed by atoms with Crippen LogP contribution in [0.1, 0.15) is 49.7 Å². The lowest BCUT2D eigenvalue weighted by atomic mass is 9.96. The van der Waals surface area contributed by atoms with Crippen LogP contribution in [0.15, 0.2) is 70.5 Å². The molecule has 0 spiro atoms. The van der Waals surface area contributed by atoms with Gasteiger partial charge in [-0.15, -0.1) is 23.5 Å². The van der Waals surface area contributed by atoms with E-state index < -0.39 is 5.92 Å². The Balaban J connectivity index is 1.11. The first-order valence-electron chi connectivity index (χ1n) is 13.4. The van der Waals surface area contributed by atoms with E-state index >= 15 is 0 Å². The predicted molar refractivity (Wildman–Crippen MR) is 155 cm³/mol.